The van der Waals surface area contributed by atoms with Crippen molar-refractivity contribution in [1.29, 1.82) is 0 Å². The number of hydrogen-bond donors (Lipinski definition) is 2. The third-order valence-corrected chi connectivity index (χ3v) is 3.83. The number of rotatable bonds is 4. The van der Waals surface area contributed by atoms with Crippen molar-refractivity contribution in [2.24, 2.45) is 11.3 Å². The van der Waals surface area contributed by atoms with Gasteiger partial charge in [0.25, 0.3) is 0 Å². The van der Waals surface area contributed by atoms with E-state index >= 15 is 0 Å². The smallest absolute Gasteiger partial charge is 0.0378 e. The number of likely N-dealkylation sites (N-methyl/N-ethyl adjacent to an activating group) is 1. The van der Waals surface area contributed by atoms with Crippen LogP contribution in [0.1, 0.15) is 25.8 Å². The maximum Gasteiger partial charge on any atom is 0.0378 e. The quantitative estimate of drug-likeness (QED) is 0.812. The Bertz CT molecular complexity index is 373. The lowest BCUT2D eigenvalue weighted by Gasteiger charge is -2.18. The van der Waals surface area contributed by atoms with Gasteiger partial charge in [-0.3, -0.25) is 4.98 Å². The Hall–Kier alpha value is -1.09. The van der Waals surface area contributed by atoms with Crippen LogP contribution in [0.25, 0.3) is 0 Å². The Balaban J connectivity index is 2.06. The van der Waals surface area contributed by atoms with Gasteiger partial charge in [0.1, 0.15) is 0 Å². The predicted octanol–water partition coefficient (Wildman–Crippen LogP) is 1.84. The molecule has 88 valence electrons. The van der Waals surface area contributed by atoms with Crippen molar-refractivity contribution in [1.82, 2.24) is 10.3 Å². The van der Waals surface area contributed by atoms with E-state index in [0.717, 1.165) is 23.6 Å². The van der Waals surface area contributed by atoms with Crippen molar-refractivity contribution in [3.63, 3.8) is 0 Å². The first-order valence-corrected chi connectivity index (χ1v) is 5.90. The molecule has 3 heteroatoms. The monoisotopic (exact) mass is 219 g/mol. The third-order valence-electron chi connectivity index (χ3n) is 3.83. The molecule has 2 atom stereocenters. The summed E-state index contributed by atoms with van der Waals surface area (Å²) in [7, 11) is 2.03. The summed E-state index contributed by atoms with van der Waals surface area (Å²) in [6.07, 6.45) is 5.91. The van der Waals surface area contributed by atoms with Crippen molar-refractivity contribution in [2.45, 2.75) is 32.7 Å². The predicted molar refractivity (Wildman–Crippen MR) is 67.1 cm³/mol. The molecule has 0 amide bonds. The number of nitrogens with zero attached hydrogens (tertiary/aromatic N) is 1. The number of anilines is 1. The fraction of sp³-hybridized carbons (Fsp3) is 0.615. The summed E-state index contributed by atoms with van der Waals surface area (Å²) in [5.41, 5.74) is 8.45. The highest BCUT2D eigenvalue weighted by Gasteiger charge is 2.49. The van der Waals surface area contributed by atoms with E-state index in [9.17, 15) is 0 Å². The van der Waals surface area contributed by atoms with Gasteiger partial charge < -0.3 is 11.1 Å². The highest BCUT2D eigenvalue weighted by molar-refractivity contribution is 5.44. The Morgan fingerprint density at radius 2 is 2.31 bits per heavy atom. The van der Waals surface area contributed by atoms with Crippen LogP contribution < -0.4 is 11.1 Å². The molecule has 1 saturated carbocycles. The van der Waals surface area contributed by atoms with Crippen LogP contribution in [0.4, 0.5) is 5.69 Å². The molecule has 0 spiro atoms. The SMILES string of the molecule is CNC(Cc1cnccc1N)C1CC1(C)C. The Morgan fingerprint density at radius 3 is 2.81 bits per heavy atom. The summed E-state index contributed by atoms with van der Waals surface area (Å²) >= 11 is 0. The number of nitrogens with two attached hydrogens (primary N) is 1. The Labute approximate surface area is 97.5 Å². The largest absolute Gasteiger partial charge is 0.398 e. The highest BCUT2D eigenvalue weighted by atomic mass is 14.9. The highest BCUT2D eigenvalue weighted by Crippen LogP contribution is 2.54. The van der Waals surface area contributed by atoms with E-state index in [2.05, 4.69) is 24.1 Å². The second-order valence-electron chi connectivity index (χ2n) is 5.47. The van der Waals surface area contributed by atoms with E-state index in [1.165, 1.54) is 6.42 Å². The van der Waals surface area contributed by atoms with Gasteiger partial charge in [-0.05, 0) is 42.9 Å². The number of pyridine rings is 1. The van der Waals surface area contributed by atoms with E-state index in [1.807, 2.05) is 19.3 Å². The Kier molecular flexibility index (Phi) is 2.89. The van der Waals surface area contributed by atoms with E-state index in [-0.39, 0.29) is 0 Å². The lowest BCUT2D eigenvalue weighted by Crippen LogP contribution is -2.31. The second-order valence-corrected chi connectivity index (χ2v) is 5.47. The first-order chi connectivity index (χ1) is 7.54. The average molecular weight is 219 g/mol. The number of nitrogen functional groups attached to an aromatic ring is 1. The summed E-state index contributed by atoms with van der Waals surface area (Å²) in [5.74, 6) is 0.761. The van der Waals surface area contributed by atoms with Crippen LogP contribution in [0.3, 0.4) is 0 Å². The van der Waals surface area contributed by atoms with Crippen molar-refractivity contribution >= 4 is 5.69 Å². The minimum Gasteiger partial charge on any atom is -0.398 e. The summed E-state index contributed by atoms with van der Waals surface area (Å²) < 4.78 is 0. The summed E-state index contributed by atoms with van der Waals surface area (Å²) in [5, 5.41) is 3.41. The van der Waals surface area contributed by atoms with Gasteiger partial charge in [0.2, 0.25) is 0 Å². The fourth-order valence-corrected chi connectivity index (χ4v) is 2.49. The van der Waals surface area contributed by atoms with Crippen LogP contribution in [0, 0.1) is 11.3 Å². The minimum atomic E-state index is 0.491. The van der Waals surface area contributed by atoms with Gasteiger partial charge in [0.05, 0.1) is 0 Å². The van der Waals surface area contributed by atoms with E-state index in [4.69, 9.17) is 5.73 Å². The van der Waals surface area contributed by atoms with E-state index < -0.39 is 0 Å². The molecule has 1 heterocycles. The van der Waals surface area contributed by atoms with Gasteiger partial charge in [-0.2, -0.15) is 0 Å². The topological polar surface area (TPSA) is 50.9 Å². The maximum atomic E-state index is 5.94. The van der Waals surface area contributed by atoms with Crippen molar-refractivity contribution < 1.29 is 0 Å². The van der Waals surface area contributed by atoms with Crippen LogP contribution in [0.15, 0.2) is 18.5 Å². The van der Waals surface area contributed by atoms with Crippen molar-refractivity contribution in [2.75, 3.05) is 12.8 Å². The molecular weight excluding hydrogens is 198 g/mol. The number of hydrogen-bond acceptors (Lipinski definition) is 3. The number of nitrogens with one attached hydrogen (secondary N) is 1. The van der Waals surface area contributed by atoms with Gasteiger partial charge >= 0.3 is 0 Å². The summed E-state index contributed by atoms with van der Waals surface area (Å²) in [6, 6.07) is 2.39. The van der Waals surface area contributed by atoms with Gasteiger partial charge in [-0.25, -0.2) is 0 Å². The zero-order chi connectivity index (χ0) is 11.8. The van der Waals surface area contributed by atoms with Crippen molar-refractivity contribution in [3.8, 4) is 0 Å². The first kappa shape index (κ1) is 11.4. The zero-order valence-electron chi connectivity index (χ0n) is 10.3. The molecule has 0 aliphatic heterocycles. The molecular formula is C13H21N3. The molecule has 0 radical (unpaired) electrons. The second kappa shape index (κ2) is 4.06. The molecule has 1 aliphatic carbocycles. The normalized spacial score (nSPS) is 24.1. The Morgan fingerprint density at radius 1 is 1.62 bits per heavy atom. The lowest BCUT2D eigenvalue weighted by molar-refractivity contribution is 0.426. The molecule has 1 fully saturated rings. The minimum absolute atomic E-state index is 0.491. The summed E-state index contributed by atoms with van der Waals surface area (Å²) in [6.45, 7) is 4.66. The number of aromatic nitrogens is 1. The van der Waals surface area contributed by atoms with Crippen LogP contribution in [0.5, 0.6) is 0 Å². The van der Waals surface area contributed by atoms with E-state index in [1.54, 1.807) is 6.20 Å². The van der Waals surface area contributed by atoms with Gasteiger partial charge in [0.15, 0.2) is 0 Å². The molecule has 16 heavy (non-hydrogen) atoms. The summed E-state index contributed by atoms with van der Waals surface area (Å²) in [4.78, 5) is 4.14. The van der Waals surface area contributed by atoms with Gasteiger partial charge in [-0.15, -0.1) is 0 Å². The van der Waals surface area contributed by atoms with Crippen molar-refractivity contribution in [3.05, 3.63) is 24.0 Å². The molecule has 3 nitrogen and oxygen atoms in total. The van der Waals surface area contributed by atoms with Crippen LogP contribution >= 0.6 is 0 Å². The van der Waals surface area contributed by atoms with E-state index in [0.29, 0.717) is 11.5 Å². The zero-order valence-corrected chi connectivity index (χ0v) is 10.3. The van der Waals surface area contributed by atoms with Crippen LogP contribution in [-0.4, -0.2) is 18.1 Å². The van der Waals surface area contributed by atoms with Crippen LogP contribution in [-0.2, 0) is 6.42 Å². The van der Waals surface area contributed by atoms with Gasteiger partial charge in [0, 0.05) is 24.1 Å². The molecule has 2 unspecified atom stereocenters. The molecule has 0 saturated heterocycles. The van der Waals surface area contributed by atoms with Crippen LogP contribution in [0.2, 0.25) is 0 Å². The molecule has 0 aromatic carbocycles. The average Bonchev–Trinajstić information content (AvgIpc) is 2.86. The molecule has 1 aromatic heterocycles. The molecule has 3 N–H and O–H groups in total. The maximum absolute atomic E-state index is 5.94. The molecule has 0 bridgehead atoms. The molecule has 2 rings (SSSR count). The standard InChI is InChI=1S/C13H21N3/c1-13(2)7-10(13)12(15-3)6-9-8-16-5-4-11(9)14/h4-5,8,10,12,15H,6-7H2,1-3H3,(H2,14,16). The fourth-order valence-electron chi connectivity index (χ4n) is 2.49. The van der Waals surface area contributed by atoms with Gasteiger partial charge in [-0.1, -0.05) is 13.8 Å². The molecule has 1 aromatic rings. The first-order valence-electron chi connectivity index (χ1n) is 5.90. The third kappa shape index (κ3) is 2.19. The molecule has 1 aliphatic rings. The lowest BCUT2D eigenvalue weighted by atomic mass is 9.97.